The van der Waals surface area contributed by atoms with E-state index in [2.05, 4.69) is 15.9 Å². The first kappa shape index (κ1) is 12.9. The Morgan fingerprint density at radius 3 is 2.67 bits per heavy atom. The third kappa shape index (κ3) is 3.24. The molecule has 0 aliphatic carbocycles. The molecule has 1 atom stereocenters. The smallest absolute Gasteiger partial charge is 0.120 e. The summed E-state index contributed by atoms with van der Waals surface area (Å²) in [6.45, 7) is 0.171. The molecule has 0 aliphatic rings. The maximum absolute atomic E-state index is 10.0. The van der Waals surface area contributed by atoms with Gasteiger partial charge in [-0.2, -0.15) is 0 Å². The molecule has 3 nitrogen and oxygen atoms in total. The van der Waals surface area contributed by atoms with E-state index < -0.39 is 6.10 Å². The Balaban J connectivity index is 2.00. The molecule has 0 spiro atoms. The first-order valence-electron chi connectivity index (χ1n) is 5.57. The average Bonchev–Trinajstić information content (AvgIpc) is 2.37. The second-order valence-electron chi connectivity index (χ2n) is 3.91. The van der Waals surface area contributed by atoms with Crippen molar-refractivity contribution in [2.24, 2.45) is 0 Å². The molecule has 0 saturated carbocycles. The molecule has 1 unspecified atom stereocenters. The molecule has 4 heteroatoms. The average molecular weight is 308 g/mol. The first-order valence-corrected chi connectivity index (χ1v) is 6.37. The van der Waals surface area contributed by atoms with Gasteiger partial charge in [0.05, 0.1) is 0 Å². The van der Waals surface area contributed by atoms with Crippen LogP contribution in [0.3, 0.4) is 0 Å². The number of halogens is 1. The fraction of sp³-hybridized carbons (Fsp3) is 0.143. The van der Waals surface area contributed by atoms with Crippen LogP contribution in [0.25, 0.3) is 0 Å². The summed E-state index contributed by atoms with van der Waals surface area (Å²) in [6, 6.07) is 14.7. The number of aliphatic hydroxyl groups is 1. The van der Waals surface area contributed by atoms with Crippen molar-refractivity contribution in [1.29, 1.82) is 0 Å². The van der Waals surface area contributed by atoms with E-state index in [1.807, 2.05) is 36.4 Å². The number of rotatable bonds is 4. The Bertz CT molecular complexity index is 531. The largest absolute Gasteiger partial charge is 0.490 e. The SMILES string of the molecule is Nc1ccccc1C(O)COc1cccc(Br)c1. The summed E-state index contributed by atoms with van der Waals surface area (Å²) in [5.41, 5.74) is 7.05. The lowest BCUT2D eigenvalue weighted by molar-refractivity contribution is 0.109. The van der Waals surface area contributed by atoms with Crippen molar-refractivity contribution < 1.29 is 9.84 Å². The van der Waals surface area contributed by atoms with Crippen molar-refractivity contribution in [2.75, 3.05) is 12.3 Å². The third-order valence-electron chi connectivity index (χ3n) is 2.56. The molecule has 18 heavy (non-hydrogen) atoms. The zero-order valence-electron chi connectivity index (χ0n) is 9.71. The molecule has 2 aromatic carbocycles. The van der Waals surface area contributed by atoms with Crippen molar-refractivity contribution in [2.45, 2.75) is 6.10 Å². The second kappa shape index (κ2) is 5.89. The highest BCUT2D eigenvalue weighted by Gasteiger charge is 2.11. The number of nitrogens with two attached hydrogens (primary N) is 1. The Morgan fingerprint density at radius 1 is 1.17 bits per heavy atom. The predicted octanol–water partition coefficient (Wildman–Crippen LogP) is 3.14. The van der Waals surface area contributed by atoms with Crippen molar-refractivity contribution in [3.8, 4) is 5.75 Å². The van der Waals surface area contributed by atoms with Crippen LogP contribution in [-0.4, -0.2) is 11.7 Å². The molecule has 3 N–H and O–H groups in total. The van der Waals surface area contributed by atoms with Gasteiger partial charge in [-0.25, -0.2) is 0 Å². The Kier molecular flexibility index (Phi) is 4.23. The van der Waals surface area contributed by atoms with Crippen molar-refractivity contribution in [3.63, 3.8) is 0 Å². The number of hydrogen-bond donors (Lipinski definition) is 2. The van der Waals surface area contributed by atoms with Gasteiger partial charge in [0.1, 0.15) is 18.5 Å². The minimum absolute atomic E-state index is 0.171. The summed E-state index contributed by atoms with van der Waals surface area (Å²) in [5.74, 6) is 0.706. The van der Waals surface area contributed by atoms with Gasteiger partial charge in [-0.15, -0.1) is 0 Å². The van der Waals surface area contributed by atoms with Crippen LogP contribution in [0.2, 0.25) is 0 Å². The summed E-state index contributed by atoms with van der Waals surface area (Å²) in [5, 5.41) is 10.0. The molecule has 0 fully saturated rings. The lowest BCUT2D eigenvalue weighted by Crippen LogP contribution is -2.11. The molecule has 0 radical (unpaired) electrons. The van der Waals surface area contributed by atoms with Crippen LogP contribution in [0.1, 0.15) is 11.7 Å². The van der Waals surface area contributed by atoms with Crippen LogP contribution < -0.4 is 10.5 Å². The zero-order valence-corrected chi connectivity index (χ0v) is 11.3. The molecular weight excluding hydrogens is 294 g/mol. The van der Waals surface area contributed by atoms with Crippen LogP contribution in [0, 0.1) is 0 Å². The number of anilines is 1. The normalized spacial score (nSPS) is 12.1. The van der Waals surface area contributed by atoms with Gasteiger partial charge in [0, 0.05) is 15.7 Å². The molecule has 0 saturated heterocycles. The third-order valence-corrected chi connectivity index (χ3v) is 3.05. The highest BCUT2D eigenvalue weighted by atomic mass is 79.9. The summed E-state index contributed by atoms with van der Waals surface area (Å²) < 4.78 is 6.46. The van der Waals surface area contributed by atoms with Crippen molar-refractivity contribution >= 4 is 21.6 Å². The summed E-state index contributed by atoms with van der Waals surface area (Å²) in [7, 11) is 0. The van der Waals surface area contributed by atoms with E-state index in [1.54, 1.807) is 12.1 Å². The van der Waals surface area contributed by atoms with E-state index >= 15 is 0 Å². The Hall–Kier alpha value is -1.52. The van der Waals surface area contributed by atoms with Crippen LogP contribution in [-0.2, 0) is 0 Å². The zero-order chi connectivity index (χ0) is 13.0. The predicted molar refractivity (Wildman–Crippen MR) is 75.5 cm³/mol. The number of nitrogen functional groups attached to an aromatic ring is 1. The summed E-state index contributed by atoms with van der Waals surface area (Å²) in [4.78, 5) is 0. The fourth-order valence-electron chi connectivity index (χ4n) is 1.64. The lowest BCUT2D eigenvalue weighted by atomic mass is 10.1. The first-order chi connectivity index (χ1) is 8.66. The molecular formula is C14H14BrNO2. The van der Waals surface area contributed by atoms with E-state index in [0.717, 1.165) is 4.47 Å². The topological polar surface area (TPSA) is 55.5 Å². The highest BCUT2D eigenvalue weighted by molar-refractivity contribution is 9.10. The summed E-state index contributed by atoms with van der Waals surface area (Å²) in [6.07, 6.45) is -0.731. The quantitative estimate of drug-likeness (QED) is 0.853. The maximum atomic E-state index is 10.0. The van der Waals surface area contributed by atoms with Crippen LogP contribution in [0.4, 0.5) is 5.69 Å². The minimum atomic E-state index is -0.731. The molecule has 2 rings (SSSR count). The summed E-state index contributed by atoms with van der Waals surface area (Å²) >= 11 is 3.36. The van der Waals surface area contributed by atoms with Crippen molar-refractivity contribution in [3.05, 3.63) is 58.6 Å². The van der Waals surface area contributed by atoms with Gasteiger partial charge in [-0.3, -0.25) is 0 Å². The van der Waals surface area contributed by atoms with E-state index in [-0.39, 0.29) is 6.61 Å². The molecule has 0 bridgehead atoms. The molecule has 0 aromatic heterocycles. The minimum Gasteiger partial charge on any atom is -0.490 e. The van der Waals surface area contributed by atoms with Crippen LogP contribution >= 0.6 is 15.9 Å². The fourth-order valence-corrected chi connectivity index (χ4v) is 2.01. The van der Waals surface area contributed by atoms with Gasteiger partial charge in [0.2, 0.25) is 0 Å². The van der Waals surface area contributed by atoms with Gasteiger partial charge in [0.15, 0.2) is 0 Å². The van der Waals surface area contributed by atoms with Gasteiger partial charge >= 0.3 is 0 Å². The Labute approximate surface area is 114 Å². The highest BCUT2D eigenvalue weighted by Crippen LogP contribution is 2.22. The van der Waals surface area contributed by atoms with E-state index in [4.69, 9.17) is 10.5 Å². The molecule has 0 amide bonds. The number of hydrogen-bond acceptors (Lipinski definition) is 3. The molecule has 94 valence electrons. The molecule has 0 heterocycles. The number of benzene rings is 2. The Morgan fingerprint density at radius 2 is 1.94 bits per heavy atom. The van der Waals surface area contributed by atoms with Gasteiger partial charge in [0.25, 0.3) is 0 Å². The molecule has 2 aromatic rings. The maximum Gasteiger partial charge on any atom is 0.120 e. The van der Waals surface area contributed by atoms with E-state index in [0.29, 0.717) is 17.0 Å². The van der Waals surface area contributed by atoms with Gasteiger partial charge < -0.3 is 15.6 Å². The standard InChI is InChI=1S/C14H14BrNO2/c15-10-4-3-5-11(8-10)18-9-14(17)12-6-1-2-7-13(12)16/h1-8,14,17H,9,16H2. The number of aliphatic hydroxyl groups excluding tert-OH is 1. The monoisotopic (exact) mass is 307 g/mol. The molecule has 0 aliphatic heterocycles. The number of para-hydroxylation sites is 1. The van der Waals surface area contributed by atoms with Gasteiger partial charge in [-0.1, -0.05) is 40.2 Å². The number of ether oxygens (including phenoxy) is 1. The second-order valence-corrected chi connectivity index (χ2v) is 4.83. The van der Waals surface area contributed by atoms with Crippen molar-refractivity contribution in [1.82, 2.24) is 0 Å². The van der Waals surface area contributed by atoms with Crippen LogP contribution in [0.15, 0.2) is 53.0 Å². The van der Waals surface area contributed by atoms with Crippen LogP contribution in [0.5, 0.6) is 5.75 Å². The van der Waals surface area contributed by atoms with Gasteiger partial charge in [-0.05, 0) is 24.3 Å². The lowest BCUT2D eigenvalue weighted by Gasteiger charge is -2.14. The van der Waals surface area contributed by atoms with E-state index in [9.17, 15) is 5.11 Å². The van der Waals surface area contributed by atoms with E-state index in [1.165, 1.54) is 0 Å².